The fraction of sp³-hybridized carbons (Fsp3) is 0.533. The van der Waals surface area contributed by atoms with E-state index in [1.165, 1.54) is 0 Å². The molecule has 1 heterocycles. The second kappa shape index (κ2) is 5.71. The Morgan fingerprint density at radius 2 is 2.10 bits per heavy atom. The summed E-state index contributed by atoms with van der Waals surface area (Å²) in [6, 6.07) is 4.28. The molecule has 0 radical (unpaired) electrons. The first-order valence-corrected chi connectivity index (χ1v) is 7.06. The van der Waals surface area contributed by atoms with Crippen molar-refractivity contribution in [1.82, 2.24) is 4.90 Å². The smallest absolute Gasteiger partial charge is 0.228 e. The molecule has 5 nitrogen and oxygen atoms in total. The van der Waals surface area contributed by atoms with Gasteiger partial charge in [0.2, 0.25) is 5.91 Å². The molecule has 0 saturated heterocycles. The Bertz CT molecular complexity index is 513. The highest BCUT2D eigenvalue weighted by atomic mass is 16.1. The number of fused-ring (bicyclic) bond motifs is 1. The Morgan fingerprint density at radius 3 is 2.70 bits per heavy atom. The number of carbonyl (C=O) groups is 1. The Kier molecular flexibility index (Phi) is 4.18. The lowest BCUT2D eigenvalue weighted by Crippen LogP contribution is -2.40. The van der Waals surface area contributed by atoms with Crippen LogP contribution in [0.15, 0.2) is 12.1 Å². The van der Waals surface area contributed by atoms with E-state index >= 15 is 0 Å². The minimum atomic E-state index is 0.0425. The number of anilines is 3. The van der Waals surface area contributed by atoms with E-state index < -0.39 is 0 Å². The van der Waals surface area contributed by atoms with Crippen LogP contribution in [0.5, 0.6) is 0 Å². The van der Waals surface area contributed by atoms with E-state index in [-0.39, 0.29) is 5.91 Å². The van der Waals surface area contributed by atoms with Crippen LogP contribution in [-0.2, 0) is 11.2 Å². The van der Waals surface area contributed by atoms with E-state index in [9.17, 15) is 4.79 Å². The second-order valence-corrected chi connectivity index (χ2v) is 5.69. The number of nitrogen functional groups attached to an aromatic ring is 1. The summed E-state index contributed by atoms with van der Waals surface area (Å²) in [5, 5.41) is 2.89. The lowest BCUT2D eigenvalue weighted by atomic mass is 10.1. The fourth-order valence-corrected chi connectivity index (χ4v) is 2.88. The molecule has 5 heteroatoms. The van der Waals surface area contributed by atoms with Crippen molar-refractivity contribution in [3.05, 3.63) is 17.7 Å². The first kappa shape index (κ1) is 14.7. The summed E-state index contributed by atoms with van der Waals surface area (Å²) in [5.41, 5.74) is 9.83. The average molecular weight is 276 g/mol. The van der Waals surface area contributed by atoms with Gasteiger partial charge < -0.3 is 20.9 Å². The quantitative estimate of drug-likeness (QED) is 0.801. The number of hydrogen-bond acceptors (Lipinski definition) is 4. The second-order valence-electron chi connectivity index (χ2n) is 5.69. The number of rotatable bonds is 5. The van der Waals surface area contributed by atoms with Gasteiger partial charge in [-0.2, -0.15) is 0 Å². The summed E-state index contributed by atoms with van der Waals surface area (Å²) in [7, 11) is 4.13. The molecule has 0 saturated carbocycles. The van der Waals surface area contributed by atoms with Crippen molar-refractivity contribution in [3.8, 4) is 0 Å². The average Bonchev–Trinajstić information content (AvgIpc) is 2.68. The molecule has 1 aromatic rings. The maximum absolute atomic E-state index is 11.5. The summed E-state index contributed by atoms with van der Waals surface area (Å²) in [6.07, 6.45) is 0.430. The molecule has 0 bridgehead atoms. The van der Waals surface area contributed by atoms with Gasteiger partial charge in [-0.1, -0.05) is 0 Å². The molecule has 1 amide bonds. The summed E-state index contributed by atoms with van der Waals surface area (Å²) in [4.78, 5) is 15.9. The van der Waals surface area contributed by atoms with Gasteiger partial charge in [0.25, 0.3) is 0 Å². The molecule has 0 spiro atoms. The van der Waals surface area contributed by atoms with Crippen LogP contribution in [0, 0.1) is 0 Å². The van der Waals surface area contributed by atoms with Gasteiger partial charge in [0.15, 0.2) is 0 Å². The molecule has 0 aromatic heterocycles. The number of nitrogens with one attached hydrogen (secondary N) is 1. The minimum Gasteiger partial charge on any atom is -0.397 e. The molecule has 1 atom stereocenters. The van der Waals surface area contributed by atoms with Crippen molar-refractivity contribution in [2.45, 2.75) is 26.3 Å². The summed E-state index contributed by atoms with van der Waals surface area (Å²) in [5.74, 6) is 0.0425. The third-order valence-corrected chi connectivity index (χ3v) is 3.69. The number of likely N-dealkylation sites (N-methyl/N-ethyl adjacent to an activating group) is 2. The molecule has 2 rings (SSSR count). The van der Waals surface area contributed by atoms with E-state index in [1.54, 1.807) is 0 Å². The maximum atomic E-state index is 11.5. The zero-order valence-corrected chi connectivity index (χ0v) is 12.7. The van der Waals surface area contributed by atoms with Gasteiger partial charge in [-0.3, -0.25) is 4.79 Å². The molecule has 110 valence electrons. The van der Waals surface area contributed by atoms with Crippen LogP contribution in [0.4, 0.5) is 17.1 Å². The lowest BCUT2D eigenvalue weighted by molar-refractivity contribution is -0.115. The number of hydrogen-bond donors (Lipinski definition) is 2. The van der Waals surface area contributed by atoms with Crippen molar-refractivity contribution in [3.63, 3.8) is 0 Å². The molecular weight excluding hydrogens is 252 g/mol. The topological polar surface area (TPSA) is 61.6 Å². The SMILES string of the molecule is CCN(c1cc2c(cc1N)CC(=O)N2)C(C)CN(C)C. The Labute approximate surface area is 120 Å². The molecule has 1 aliphatic heterocycles. The summed E-state index contributed by atoms with van der Waals surface area (Å²) >= 11 is 0. The number of nitrogens with two attached hydrogens (primary N) is 1. The van der Waals surface area contributed by atoms with E-state index in [1.807, 2.05) is 12.1 Å². The third-order valence-electron chi connectivity index (χ3n) is 3.69. The number of nitrogens with zero attached hydrogens (tertiary/aromatic N) is 2. The standard InChI is InChI=1S/C15H24N4O/c1-5-19(10(2)9-18(3)4)14-8-13-11(6-12(14)16)7-15(20)17-13/h6,8,10H,5,7,9,16H2,1-4H3,(H,17,20). The molecule has 0 fully saturated rings. The lowest BCUT2D eigenvalue weighted by Gasteiger charge is -2.33. The Morgan fingerprint density at radius 1 is 1.40 bits per heavy atom. The molecule has 3 N–H and O–H groups in total. The van der Waals surface area contributed by atoms with Crippen LogP contribution in [0.1, 0.15) is 19.4 Å². The van der Waals surface area contributed by atoms with Gasteiger partial charge in [-0.05, 0) is 45.6 Å². The normalized spacial score (nSPS) is 15.2. The zero-order valence-electron chi connectivity index (χ0n) is 12.7. The van der Waals surface area contributed by atoms with E-state index in [2.05, 4.69) is 43.1 Å². The van der Waals surface area contributed by atoms with Crippen molar-refractivity contribution in [2.24, 2.45) is 0 Å². The summed E-state index contributed by atoms with van der Waals surface area (Å²) in [6.45, 7) is 6.15. The van der Waals surface area contributed by atoms with Crippen molar-refractivity contribution >= 4 is 23.0 Å². The maximum Gasteiger partial charge on any atom is 0.228 e. The van der Waals surface area contributed by atoms with Crippen LogP contribution >= 0.6 is 0 Å². The van der Waals surface area contributed by atoms with Gasteiger partial charge in [0.1, 0.15) is 0 Å². The molecule has 0 aliphatic carbocycles. The first-order valence-electron chi connectivity index (χ1n) is 7.06. The van der Waals surface area contributed by atoms with Crippen LogP contribution in [-0.4, -0.2) is 44.0 Å². The first-order chi connectivity index (χ1) is 9.42. The van der Waals surface area contributed by atoms with Gasteiger partial charge in [-0.25, -0.2) is 0 Å². The monoisotopic (exact) mass is 276 g/mol. The van der Waals surface area contributed by atoms with Gasteiger partial charge in [0, 0.05) is 24.8 Å². The molecule has 1 aliphatic rings. The molecule has 1 unspecified atom stereocenters. The highest BCUT2D eigenvalue weighted by Crippen LogP contribution is 2.34. The van der Waals surface area contributed by atoms with Crippen LogP contribution < -0.4 is 16.0 Å². The number of benzene rings is 1. The predicted molar refractivity (Wildman–Crippen MR) is 84.2 cm³/mol. The molecule has 20 heavy (non-hydrogen) atoms. The fourth-order valence-electron chi connectivity index (χ4n) is 2.88. The van der Waals surface area contributed by atoms with Crippen molar-refractivity contribution < 1.29 is 4.79 Å². The number of amides is 1. The predicted octanol–water partition coefficient (Wildman–Crippen LogP) is 1.54. The summed E-state index contributed by atoms with van der Waals surface area (Å²) < 4.78 is 0. The Hall–Kier alpha value is -1.75. The Balaban J connectivity index is 2.31. The molecule has 1 aromatic carbocycles. The molecular formula is C15H24N4O. The highest BCUT2D eigenvalue weighted by molar-refractivity contribution is 6.00. The van der Waals surface area contributed by atoms with Crippen LogP contribution in [0.2, 0.25) is 0 Å². The largest absolute Gasteiger partial charge is 0.397 e. The van der Waals surface area contributed by atoms with Crippen molar-refractivity contribution in [1.29, 1.82) is 0 Å². The number of carbonyl (C=O) groups excluding carboxylic acids is 1. The van der Waals surface area contributed by atoms with Crippen molar-refractivity contribution in [2.75, 3.05) is 43.1 Å². The minimum absolute atomic E-state index is 0.0425. The zero-order chi connectivity index (χ0) is 14.9. The van der Waals surface area contributed by atoms with E-state index in [4.69, 9.17) is 5.73 Å². The van der Waals surface area contributed by atoms with E-state index in [0.717, 1.165) is 35.7 Å². The van der Waals surface area contributed by atoms with Crippen LogP contribution in [0.3, 0.4) is 0 Å². The van der Waals surface area contributed by atoms with Gasteiger partial charge in [-0.15, -0.1) is 0 Å². The van der Waals surface area contributed by atoms with Gasteiger partial charge in [0.05, 0.1) is 17.8 Å². The van der Waals surface area contributed by atoms with Gasteiger partial charge >= 0.3 is 0 Å². The van der Waals surface area contributed by atoms with Crippen LogP contribution in [0.25, 0.3) is 0 Å². The van der Waals surface area contributed by atoms with E-state index in [0.29, 0.717) is 12.5 Å². The highest BCUT2D eigenvalue weighted by Gasteiger charge is 2.22. The third kappa shape index (κ3) is 2.88.